The number of nitrogens with zero attached hydrogens (tertiary/aromatic N) is 4. The molecule has 2 heterocycles. The molecule has 0 radical (unpaired) electrons. The lowest BCUT2D eigenvalue weighted by Crippen LogP contribution is -2.17. The van der Waals surface area contributed by atoms with Crippen LogP contribution in [0.4, 0.5) is 28.4 Å². The van der Waals surface area contributed by atoms with Crippen LogP contribution in [0.15, 0.2) is 200 Å². The van der Waals surface area contributed by atoms with Gasteiger partial charge in [-0.1, -0.05) is 140 Å². The van der Waals surface area contributed by atoms with Crippen molar-refractivity contribution in [3.63, 3.8) is 0 Å². The monoisotopic (exact) mass is 770 g/mol. The van der Waals surface area contributed by atoms with E-state index in [0.29, 0.717) is 0 Å². The van der Waals surface area contributed by atoms with Crippen molar-refractivity contribution in [2.75, 3.05) is 9.80 Å². The zero-order chi connectivity index (χ0) is 39.9. The highest BCUT2D eigenvalue weighted by Crippen LogP contribution is 2.47. The minimum absolute atomic E-state index is 0.984. The largest absolute Gasteiger partial charge is 0.342 e. The van der Waals surface area contributed by atoms with Crippen molar-refractivity contribution >= 4 is 104 Å². The van der Waals surface area contributed by atoms with Crippen molar-refractivity contribution < 1.29 is 0 Å². The second-order valence-electron chi connectivity index (χ2n) is 16.1. The van der Waals surface area contributed by atoms with E-state index in [1.807, 2.05) is 0 Å². The Bertz CT molecular complexity index is 3570. The highest BCUT2D eigenvalue weighted by atomic mass is 15.2. The maximum absolute atomic E-state index is 2.49. The van der Waals surface area contributed by atoms with Crippen molar-refractivity contribution in [3.05, 3.63) is 200 Å². The highest BCUT2D eigenvalue weighted by molar-refractivity contribution is 6.36. The van der Waals surface area contributed by atoms with E-state index in [1.54, 1.807) is 0 Å². The van der Waals surface area contributed by atoms with Gasteiger partial charge in [-0.05, 0) is 89.0 Å². The Hall–Kier alpha value is -7.56. The number of rotatable bonds is 6. The molecule has 9 aromatic carbocycles. The van der Waals surface area contributed by atoms with Gasteiger partial charge in [-0.3, -0.25) is 0 Å². The average Bonchev–Trinajstić information content (AvgIpc) is 3.77. The van der Waals surface area contributed by atoms with E-state index in [0.717, 1.165) is 29.9 Å². The lowest BCUT2D eigenvalue weighted by molar-refractivity contribution is 0.919. The Morgan fingerprint density at radius 3 is 1.45 bits per heavy atom. The Kier molecular flexibility index (Phi) is 7.76. The molecule has 1 aliphatic carbocycles. The van der Waals surface area contributed by atoms with Crippen molar-refractivity contribution in [3.8, 4) is 0 Å². The molecule has 60 heavy (non-hydrogen) atoms. The minimum atomic E-state index is 0.984. The van der Waals surface area contributed by atoms with Gasteiger partial charge in [0, 0.05) is 69.2 Å². The molecule has 0 fully saturated rings. The first kappa shape index (κ1) is 34.5. The zero-order valence-electron chi connectivity index (χ0n) is 33.7. The molecule has 0 spiro atoms. The SMILES string of the molecule is Cn1c2cc(N(C3=CC=CCC3)c3cccc4ccccc34)ccc2c2c3ccccc3c3c4ccc(N(c5ccccc5)c5cccc6ccccc56)cc4n(C)c3c21. The predicted molar refractivity (Wildman–Crippen MR) is 257 cm³/mol. The number of aromatic nitrogens is 2. The predicted octanol–water partition coefficient (Wildman–Crippen LogP) is 15.3. The molecule has 0 N–H and O–H groups in total. The molecule has 1 aliphatic rings. The molecule has 11 aromatic rings. The van der Waals surface area contributed by atoms with Crippen LogP contribution >= 0.6 is 0 Å². The van der Waals surface area contributed by atoms with Gasteiger partial charge in [0.1, 0.15) is 0 Å². The summed E-state index contributed by atoms with van der Waals surface area (Å²) in [4.78, 5) is 4.90. The van der Waals surface area contributed by atoms with Crippen LogP contribution in [-0.4, -0.2) is 9.13 Å². The number of anilines is 5. The van der Waals surface area contributed by atoms with Crippen molar-refractivity contribution in [2.24, 2.45) is 14.1 Å². The lowest BCUT2D eigenvalue weighted by Gasteiger charge is -2.30. The second-order valence-corrected chi connectivity index (χ2v) is 16.1. The third-order valence-electron chi connectivity index (χ3n) is 12.9. The third-order valence-corrected chi connectivity index (χ3v) is 12.9. The molecule has 2 aromatic heterocycles. The fourth-order valence-electron chi connectivity index (χ4n) is 10.2. The van der Waals surface area contributed by atoms with Crippen LogP contribution in [0.1, 0.15) is 12.8 Å². The van der Waals surface area contributed by atoms with Gasteiger partial charge in [-0.25, -0.2) is 0 Å². The van der Waals surface area contributed by atoms with Gasteiger partial charge < -0.3 is 18.9 Å². The molecule has 0 aliphatic heterocycles. The fraction of sp³-hybridized carbons (Fsp3) is 0.0714. The molecule has 0 amide bonds. The molecule has 286 valence electrons. The average molecular weight is 771 g/mol. The summed E-state index contributed by atoms with van der Waals surface area (Å²) in [5.74, 6) is 0. The number of hydrogen-bond acceptors (Lipinski definition) is 2. The smallest absolute Gasteiger partial charge is 0.0742 e. The molecule has 4 heteroatoms. The Morgan fingerprint density at radius 2 is 0.900 bits per heavy atom. The lowest BCUT2D eigenvalue weighted by atomic mass is 9.98. The first-order valence-corrected chi connectivity index (χ1v) is 21.0. The summed E-state index contributed by atoms with van der Waals surface area (Å²) in [6.07, 6.45) is 8.78. The minimum Gasteiger partial charge on any atom is -0.342 e. The topological polar surface area (TPSA) is 16.3 Å². The van der Waals surface area contributed by atoms with E-state index in [2.05, 4.69) is 227 Å². The molecule has 0 unspecified atom stereocenters. The highest BCUT2D eigenvalue weighted by Gasteiger charge is 2.25. The van der Waals surface area contributed by atoms with E-state index < -0.39 is 0 Å². The summed E-state index contributed by atoms with van der Waals surface area (Å²) in [5, 5.41) is 12.6. The molecular weight excluding hydrogens is 729 g/mol. The summed E-state index contributed by atoms with van der Waals surface area (Å²) >= 11 is 0. The van der Waals surface area contributed by atoms with Crippen LogP contribution in [0, 0.1) is 0 Å². The van der Waals surface area contributed by atoms with Crippen molar-refractivity contribution in [1.29, 1.82) is 0 Å². The molecular formula is C56H42N4. The second kappa shape index (κ2) is 13.5. The van der Waals surface area contributed by atoms with Crippen LogP contribution in [0.2, 0.25) is 0 Å². The summed E-state index contributed by atoms with van der Waals surface area (Å²) in [7, 11) is 4.51. The van der Waals surface area contributed by atoms with Gasteiger partial charge in [0.2, 0.25) is 0 Å². The van der Waals surface area contributed by atoms with Gasteiger partial charge in [0.05, 0.1) is 33.4 Å². The maximum Gasteiger partial charge on any atom is 0.0742 e. The Labute approximate surface area is 348 Å². The number of para-hydroxylation sites is 1. The van der Waals surface area contributed by atoms with E-state index >= 15 is 0 Å². The number of hydrogen-bond donors (Lipinski definition) is 0. The van der Waals surface area contributed by atoms with Gasteiger partial charge >= 0.3 is 0 Å². The number of allylic oxidation sites excluding steroid dienone is 4. The molecule has 0 saturated heterocycles. The van der Waals surface area contributed by atoms with E-state index in [-0.39, 0.29) is 0 Å². The summed E-state index contributed by atoms with van der Waals surface area (Å²) in [6, 6.07) is 64.6. The first-order valence-electron chi connectivity index (χ1n) is 21.0. The van der Waals surface area contributed by atoms with Gasteiger partial charge in [-0.2, -0.15) is 0 Å². The van der Waals surface area contributed by atoms with E-state index in [4.69, 9.17) is 0 Å². The normalized spacial score (nSPS) is 13.1. The van der Waals surface area contributed by atoms with E-state index in [9.17, 15) is 0 Å². The van der Waals surface area contributed by atoms with Crippen LogP contribution in [0.3, 0.4) is 0 Å². The number of benzene rings is 9. The molecule has 12 rings (SSSR count). The standard InChI is InChI=1S/C56H42N4/c1-57-51-35-41(59(39-21-5-3-6-22-39)49-29-15-19-37-17-9-11-25-43(37)49)31-33-47(51)53-45-27-13-14-28-46(45)54-48-34-32-42(36-52(48)58(2)56(54)55(53)57)60(40-23-7-4-8-24-40)50-30-16-20-38-18-10-12-26-44(38)50/h3-7,9-23,25-36H,8,24H2,1-2H3. The summed E-state index contributed by atoms with van der Waals surface area (Å²) in [6.45, 7) is 0. The zero-order valence-corrected chi connectivity index (χ0v) is 33.7. The van der Waals surface area contributed by atoms with E-state index in [1.165, 1.54) is 93.0 Å². The van der Waals surface area contributed by atoms with Gasteiger partial charge in [-0.15, -0.1) is 0 Å². The van der Waals surface area contributed by atoms with Gasteiger partial charge in [0.25, 0.3) is 0 Å². The Morgan fingerprint density at radius 1 is 0.417 bits per heavy atom. The number of aryl methyl sites for hydroxylation is 2. The van der Waals surface area contributed by atoms with Crippen LogP contribution < -0.4 is 9.80 Å². The third kappa shape index (κ3) is 5.10. The quantitative estimate of drug-likeness (QED) is 0.167. The molecule has 4 nitrogen and oxygen atoms in total. The Balaban J connectivity index is 1.12. The van der Waals surface area contributed by atoms with Crippen LogP contribution in [-0.2, 0) is 14.1 Å². The first-order chi connectivity index (χ1) is 29.6. The molecule has 0 saturated carbocycles. The molecule has 0 atom stereocenters. The van der Waals surface area contributed by atoms with Gasteiger partial charge in [0.15, 0.2) is 0 Å². The molecule has 0 bridgehead atoms. The van der Waals surface area contributed by atoms with Crippen molar-refractivity contribution in [2.45, 2.75) is 12.8 Å². The summed E-state index contributed by atoms with van der Waals surface area (Å²) in [5.41, 5.74) is 12.0. The maximum atomic E-state index is 2.49. The van der Waals surface area contributed by atoms with Crippen LogP contribution in [0.25, 0.3) is 75.9 Å². The summed E-state index contributed by atoms with van der Waals surface area (Å²) < 4.78 is 4.89. The van der Waals surface area contributed by atoms with Crippen LogP contribution in [0.5, 0.6) is 0 Å². The number of fused-ring (bicyclic) bond motifs is 12. The van der Waals surface area contributed by atoms with Crippen molar-refractivity contribution in [1.82, 2.24) is 9.13 Å². The fourth-order valence-corrected chi connectivity index (χ4v) is 10.2.